The molecular weight excluding hydrogens is 156 g/mol. The van der Waals surface area contributed by atoms with Gasteiger partial charge in [0.25, 0.3) is 0 Å². The minimum atomic E-state index is 0.542. The Balaban J connectivity index is 0. The number of hydrogen-bond donors (Lipinski definition) is 0. The van der Waals surface area contributed by atoms with Crippen LogP contribution in [0, 0.1) is 10.8 Å². The SMILES string of the molecule is CCC(C)(C)C.CCCC(C)(C)C. The summed E-state index contributed by atoms with van der Waals surface area (Å²) < 4.78 is 0. The minimum Gasteiger partial charge on any atom is -0.0654 e. The summed E-state index contributed by atoms with van der Waals surface area (Å²) in [6, 6.07) is 0. The lowest BCUT2D eigenvalue weighted by atomic mass is 9.91. The predicted octanol–water partition coefficient (Wildman–Crippen LogP) is 5.28. The van der Waals surface area contributed by atoms with Crippen molar-refractivity contribution in [2.75, 3.05) is 0 Å². The van der Waals surface area contributed by atoms with Crippen LogP contribution in [0.5, 0.6) is 0 Å². The van der Waals surface area contributed by atoms with Crippen LogP contribution in [0.2, 0.25) is 0 Å². The van der Waals surface area contributed by atoms with E-state index in [1.165, 1.54) is 19.3 Å². The number of hydrogen-bond acceptors (Lipinski definition) is 0. The molecule has 0 heterocycles. The Morgan fingerprint density at radius 3 is 1.00 bits per heavy atom. The van der Waals surface area contributed by atoms with Crippen LogP contribution < -0.4 is 0 Å². The van der Waals surface area contributed by atoms with Crippen molar-refractivity contribution in [3.8, 4) is 0 Å². The van der Waals surface area contributed by atoms with Gasteiger partial charge in [0.15, 0.2) is 0 Å². The zero-order chi connectivity index (χ0) is 11.1. The van der Waals surface area contributed by atoms with Gasteiger partial charge < -0.3 is 0 Å². The number of rotatable bonds is 1. The fourth-order valence-corrected chi connectivity index (χ4v) is 0.750. The van der Waals surface area contributed by atoms with Gasteiger partial charge in [-0.25, -0.2) is 0 Å². The van der Waals surface area contributed by atoms with Gasteiger partial charge in [-0.2, -0.15) is 0 Å². The molecule has 0 nitrogen and oxygen atoms in total. The van der Waals surface area contributed by atoms with E-state index in [1.54, 1.807) is 0 Å². The molecule has 0 aromatic rings. The van der Waals surface area contributed by atoms with Gasteiger partial charge in [-0.3, -0.25) is 0 Å². The topological polar surface area (TPSA) is 0 Å². The maximum absolute atomic E-state index is 2.27. The highest BCUT2D eigenvalue weighted by atomic mass is 14.1. The van der Waals surface area contributed by atoms with Crippen molar-refractivity contribution in [3.05, 3.63) is 0 Å². The maximum atomic E-state index is 2.27. The predicted molar refractivity (Wildman–Crippen MR) is 64.1 cm³/mol. The first-order valence-electron chi connectivity index (χ1n) is 5.62. The van der Waals surface area contributed by atoms with Crippen LogP contribution in [0.3, 0.4) is 0 Å². The zero-order valence-electron chi connectivity index (χ0n) is 11.1. The van der Waals surface area contributed by atoms with E-state index in [0.29, 0.717) is 10.8 Å². The lowest BCUT2D eigenvalue weighted by molar-refractivity contribution is 0.373. The second-order valence-corrected chi connectivity index (χ2v) is 6.22. The Morgan fingerprint density at radius 2 is 1.00 bits per heavy atom. The van der Waals surface area contributed by atoms with Crippen LogP contribution in [-0.4, -0.2) is 0 Å². The van der Waals surface area contributed by atoms with E-state index < -0.39 is 0 Å². The van der Waals surface area contributed by atoms with E-state index in [-0.39, 0.29) is 0 Å². The third kappa shape index (κ3) is 24.5. The quantitative estimate of drug-likeness (QED) is 0.523. The standard InChI is InChI=1S/C7H16.C6H14/c1-5-6-7(2,3)4;1-5-6(2,3)4/h5-6H2,1-4H3;5H2,1-4H3. The molecule has 0 aliphatic carbocycles. The molecule has 0 bridgehead atoms. The van der Waals surface area contributed by atoms with Gasteiger partial charge in [-0.1, -0.05) is 68.2 Å². The van der Waals surface area contributed by atoms with Crippen molar-refractivity contribution in [3.63, 3.8) is 0 Å². The lowest BCUT2D eigenvalue weighted by Gasteiger charge is -2.15. The molecule has 13 heavy (non-hydrogen) atoms. The molecule has 0 unspecified atom stereocenters. The molecule has 0 saturated carbocycles. The Hall–Kier alpha value is 0. The van der Waals surface area contributed by atoms with E-state index in [4.69, 9.17) is 0 Å². The molecule has 0 aromatic carbocycles. The fourth-order valence-electron chi connectivity index (χ4n) is 0.750. The van der Waals surface area contributed by atoms with Gasteiger partial charge in [-0.05, 0) is 17.3 Å². The summed E-state index contributed by atoms with van der Waals surface area (Å²) in [5.74, 6) is 0. The van der Waals surface area contributed by atoms with Gasteiger partial charge in [-0.15, -0.1) is 0 Å². The van der Waals surface area contributed by atoms with Crippen LogP contribution in [-0.2, 0) is 0 Å². The van der Waals surface area contributed by atoms with Crippen molar-refractivity contribution >= 4 is 0 Å². The summed E-state index contributed by atoms with van der Waals surface area (Å²) >= 11 is 0. The fraction of sp³-hybridized carbons (Fsp3) is 1.00. The van der Waals surface area contributed by atoms with Crippen molar-refractivity contribution in [2.24, 2.45) is 10.8 Å². The summed E-state index contributed by atoms with van der Waals surface area (Å²) in [5.41, 5.74) is 1.09. The highest BCUT2D eigenvalue weighted by molar-refractivity contribution is 4.58. The normalized spacial score (nSPS) is 12.0. The summed E-state index contributed by atoms with van der Waals surface area (Å²) in [5, 5.41) is 0. The van der Waals surface area contributed by atoms with Crippen molar-refractivity contribution in [1.29, 1.82) is 0 Å². The first kappa shape index (κ1) is 15.5. The van der Waals surface area contributed by atoms with Gasteiger partial charge in [0.2, 0.25) is 0 Å². The molecule has 0 spiro atoms. The van der Waals surface area contributed by atoms with Gasteiger partial charge in [0.05, 0.1) is 0 Å². The maximum Gasteiger partial charge on any atom is -0.0383 e. The Labute approximate surface area is 86.1 Å². The third-order valence-electron chi connectivity index (χ3n) is 2.06. The Kier molecular flexibility index (Phi) is 7.68. The largest absolute Gasteiger partial charge is 0.0654 e. The van der Waals surface area contributed by atoms with E-state index >= 15 is 0 Å². The molecule has 0 rings (SSSR count). The Morgan fingerprint density at radius 1 is 0.692 bits per heavy atom. The third-order valence-corrected chi connectivity index (χ3v) is 2.06. The molecular formula is C13H30. The van der Waals surface area contributed by atoms with E-state index in [2.05, 4.69) is 55.4 Å². The minimum absolute atomic E-state index is 0.542. The van der Waals surface area contributed by atoms with Crippen LogP contribution in [0.4, 0.5) is 0 Å². The average Bonchev–Trinajstić information content (AvgIpc) is 1.84. The van der Waals surface area contributed by atoms with Crippen molar-refractivity contribution < 1.29 is 0 Å². The van der Waals surface area contributed by atoms with Crippen molar-refractivity contribution in [1.82, 2.24) is 0 Å². The average molecular weight is 186 g/mol. The highest BCUT2D eigenvalue weighted by Crippen LogP contribution is 2.19. The first-order chi connectivity index (χ1) is 5.62. The first-order valence-corrected chi connectivity index (χ1v) is 5.62. The van der Waals surface area contributed by atoms with Gasteiger partial charge in [0.1, 0.15) is 0 Å². The molecule has 0 amide bonds. The van der Waals surface area contributed by atoms with Gasteiger partial charge in [0, 0.05) is 0 Å². The molecule has 0 fully saturated rings. The second kappa shape index (κ2) is 6.45. The van der Waals surface area contributed by atoms with Crippen LogP contribution in [0.25, 0.3) is 0 Å². The molecule has 0 radical (unpaired) electrons. The molecule has 0 aromatic heterocycles. The van der Waals surface area contributed by atoms with E-state index in [1.807, 2.05) is 0 Å². The molecule has 0 saturated heterocycles. The van der Waals surface area contributed by atoms with E-state index in [0.717, 1.165) is 0 Å². The van der Waals surface area contributed by atoms with Gasteiger partial charge >= 0.3 is 0 Å². The molecule has 0 heteroatoms. The molecule has 0 aliphatic rings. The summed E-state index contributed by atoms with van der Waals surface area (Å²) in [6.07, 6.45) is 3.92. The summed E-state index contributed by atoms with van der Waals surface area (Å²) in [6.45, 7) is 18.0. The zero-order valence-corrected chi connectivity index (χ0v) is 11.1. The second-order valence-electron chi connectivity index (χ2n) is 6.22. The molecule has 82 valence electrons. The summed E-state index contributed by atoms with van der Waals surface area (Å²) in [4.78, 5) is 0. The van der Waals surface area contributed by atoms with Crippen molar-refractivity contribution in [2.45, 2.75) is 74.7 Å². The monoisotopic (exact) mass is 186 g/mol. The van der Waals surface area contributed by atoms with Crippen LogP contribution in [0.1, 0.15) is 74.7 Å². The van der Waals surface area contributed by atoms with E-state index in [9.17, 15) is 0 Å². The Bertz CT molecular complexity index is 98.2. The molecule has 0 N–H and O–H groups in total. The van der Waals surface area contributed by atoms with Crippen LogP contribution in [0.15, 0.2) is 0 Å². The smallest absolute Gasteiger partial charge is 0.0383 e. The van der Waals surface area contributed by atoms with Crippen LogP contribution >= 0.6 is 0 Å². The lowest BCUT2D eigenvalue weighted by Crippen LogP contribution is -2.02. The summed E-state index contributed by atoms with van der Waals surface area (Å²) in [7, 11) is 0. The molecule has 0 aliphatic heterocycles. The highest BCUT2D eigenvalue weighted by Gasteiger charge is 2.06. The molecule has 0 atom stereocenters.